The molecule has 0 saturated heterocycles. The first-order valence-electron chi connectivity index (χ1n) is 3.14. The Bertz CT molecular complexity index is 238. The minimum atomic E-state index is -0.289. The molecule has 0 aromatic rings. The van der Waals surface area contributed by atoms with Gasteiger partial charge in [0.15, 0.2) is 6.29 Å². The van der Waals surface area contributed by atoms with Crippen LogP contribution in [0.5, 0.6) is 0 Å². The SMILES string of the molecule is NC1N=CC2=C(C=NC2)N1. The molecule has 0 aromatic carbocycles. The minimum Gasteiger partial charge on any atom is -0.350 e. The highest BCUT2D eigenvalue weighted by molar-refractivity contribution is 5.95. The maximum atomic E-state index is 5.49. The Kier molecular flexibility index (Phi) is 1.07. The number of nitrogens with zero attached hydrogens (tertiary/aromatic N) is 2. The van der Waals surface area contributed by atoms with Crippen molar-refractivity contribution in [2.75, 3.05) is 6.54 Å². The van der Waals surface area contributed by atoms with Crippen molar-refractivity contribution >= 4 is 12.4 Å². The Balaban J connectivity index is 2.28. The van der Waals surface area contributed by atoms with Gasteiger partial charge in [-0.1, -0.05) is 0 Å². The molecule has 4 heteroatoms. The Labute approximate surface area is 58.5 Å². The quantitative estimate of drug-likeness (QED) is 0.460. The fraction of sp³-hybridized carbons (Fsp3) is 0.333. The molecule has 0 spiro atoms. The monoisotopic (exact) mass is 136 g/mol. The van der Waals surface area contributed by atoms with Crippen LogP contribution < -0.4 is 11.1 Å². The fourth-order valence-electron chi connectivity index (χ4n) is 1.01. The predicted molar refractivity (Wildman–Crippen MR) is 40.0 cm³/mol. The van der Waals surface area contributed by atoms with Crippen LogP contribution in [0.4, 0.5) is 0 Å². The molecule has 2 aliphatic rings. The summed E-state index contributed by atoms with van der Waals surface area (Å²) in [5.41, 5.74) is 7.63. The molecule has 3 N–H and O–H groups in total. The first-order chi connectivity index (χ1) is 4.86. The van der Waals surface area contributed by atoms with E-state index < -0.39 is 0 Å². The molecule has 2 heterocycles. The van der Waals surface area contributed by atoms with E-state index in [4.69, 9.17) is 5.73 Å². The van der Waals surface area contributed by atoms with Gasteiger partial charge in [-0.3, -0.25) is 15.7 Å². The number of aliphatic imine (C=N–C) groups is 2. The van der Waals surface area contributed by atoms with E-state index in [2.05, 4.69) is 15.3 Å². The van der Waals surface area contributed by atoms with Crippen molar-refractivity contribution in [3.8, 4) is 0 Å². The zero-order valence-corrected chi connectivity index (χ0v) is 5.41. The molecule has 0 amide bonds. The van der Waals surface area contributed by atoms with Gasteiger partial charge in [0.1, 0.15) is 0 Å². The van der Waals surface area contributed by atoms with Gasteiger partial charge >= 0.3 is 0 Å². The summed E-state index contributed by atoms with van der Waals surface area (Å²) in [6, 6.07) is 0. The van der Waals surface area contributed by atoms with Crippen LogP contribution in [0.15, 0.2) is 21.3 Å². The number of nitrogens with two attached hydrogens (primary N) is 1. The molecule has 0 aliphatic carbocycles. The molecule has 52 valence electrons. The van der Waals surface area contributed by atoms with E-state index in [1.165, 1.54) is 0 Å². The average Bonchev–Trinajstić information content (AvgIpc) is 2.33. The molecule has 2 rings (SSSR count). The largest absolute Gasteiger partial charge is 0.350 e. The summed E-state index contributed by atoms with van der Waals surface area (Å²) >= 11 is 0. The number of hydrogen-bond acceptors (Lipinski definition) is 4. The van der Waals surface area contributed by atoms with E-state index in [9.17, 15) is 0 Å². The molecule has 0 bridgehead atoms. The second kappa shape index (κ2) is 1.91. The molecule has 4 nitrogen and oxygen atoms in total. The van der Waals surface area contributed by atoms with Crippen LogP contribution in [-0.4, -0.2) is 25.3 Å². The molecule has 0 aromatic heterocycles. The summed E-state index contributed by atoms with van der Waals surface area (Å²) in [5, 5.41) is 2.99. The van der Waals surface area contributed by atoms with E-state index in [1.807, 2.05) is 0 Å². The van der Waals surface area contributed by atoms with E-state index in [0.29, 0.717) is 0 Å². The van der Waals surface area contributed by atoms with E-state index in [1.54, 1.807) is 12.4 Å². The molecule has 0 saturated carbocycles. The molecule has 10 heavy (non-hydrogen) atoms. The van der Waals surface area contributed by atoms with Gasteiger partial charge in [0.25, 0.3) is 0 Å². The van der Waals surface area contributed by atoms with Crippen molar-refractivity contribution in [2.24, 2.45) is 15.7 Å². The van der Waals surface area contributed by atoms with Crippen LogP contribution >= 0.6 is 0 Å². The fourth-order valence-corrected chi connectivity index (χ4v) is 1.01. The predicted octanol–water partition coefficient (Wildman–Crippen LogP) is -0.759. The lowest BCUT2D eigenvalue weighted by molar-refractivity contribution is 0.625. The highest BCUT2D eigenvalue weighted by Crippen LogP contribution is 2.08. The third-order valence-corrected chi connectivity index (χ3v) is 1.52. The van der Waals surface area contributed by atoms with E-state index in [-0.39, 0.29) is 6.29 Å². The molecule has 0 fully saturated rings. The molecule has 1 atom stereocenters. The van der Waals surface area contributed by atoms with Crippen molar-refractivity contribution in [3.63, 3.8) is 0 Å². The summed E-state index contributed by atoms with van der Waals surface area (Å²) in [5.74, 6) is 0. The Morgan fingerprint density at radius 3 is 3.40 bits per heavy atom. The number of hydrogen-bond donors (Lipinski definition) is 2. The smallest absolute Gasteiger partial charge is 0.171 e. The lowest BCUT2D eigenvalue weighted by atomic mass is 10.2. The Hall–Kier alpha value is -1.16. The number of rotatable bonds is 0. The van der Waals surface area contributed by atoms with Crippen molar-refractivity contribution in [1.82, 2.24) is 5.32 Å². The van der Waals surface area contributed by atoms with Crippen LogP contribution in [0, 0.1) is 0 Å². The Morgan fingerprint density at radius 1 is 1.60 bits per heavy atom. The summed E-state index contributed by atoms with van der Waals surface area (Å²) in [6.45, 7) is 0.735. The van der Waals surface area contributed by atoms with E-state index in [0.717, 1.165) is 17.8 Å². The third kappa shape index (κ3) is 0.733. The lowest BCUT2D eigenvalue weighted by Gasteiger charge is -2.14. The average molecular weight is 136 g/mol. The standard InChI is InChI=1S/C6H8N4/c7-6-9-2-4-1-8-3-5(4)10-6/h2-3,6,10H,1,7H2. The zero-order chi connectivity index (χ0) is 6.97. The molecule has 1 unspecified atom stereocenters. The van der Waals surface area contributed by atoms with Gasteiger partial charge in [-0.25, -0.2) is 0 Å². The van der Waals surface area contributed by atoms with E-state index >= 15 is 0 Å². The summed E-state index contributed by atoms with van der Waals surface area (Å²) < 4.78 is 0. The van der Waals surface area contributed by atoms with Gasteiger partial charge in [0.2, 0.25) is 0 Å². The molecular weight excluding hydrogens is 128 g/mol. The third-order valence-electron chi connectivity index (χ3n) is 1.52. The first kappa shape index (κ1) is 5.61. The van der Waals surface area contributed by atoms with Gasteiger partial charge < -0.3 is 5.32 Å². The van der Waals surface area contributed by atoms with Gasteiger partial charge in [-0.15, -0.1) is 0 Å². The Morgan fingerprint density at radius 2 is 2.50 bits per heavy atom. The van der Waals surface area contributed by atoms with Crippen LogP contribution in [0.25, 0.3) is 0 Å². The number of allylic oxidation sites excluding steroid dienone is 1. The van der Waals surface area contributed by atoms with Gasteiger partial charge in [0.05, 0.1) is 12.2 Å². The van der Waals surface area contributed by atoms with Crippen LogP contribution in [0.3, 0.4) is 0 Å². The summed E-state index contributed by atoms with van der Waals surface area (Å²) in [4.78, 5) is 8.03. The molecular formula is C6H8N4. The van der Waals surface area contributed by atoms with Gasteiger partial charge in [0, 0.05) is 18.0 Å². The maximum Gasteiger partial charge on any atom is 0.171 e. The van der Waals surface area contributed by atoms with Gasteiger partial charge in [-0.2, -0.15) is 0 Å². The highest BCUT2D eigenvalue weighted by Gasteiger charge is 2.13. The first-order valence-corrected chi connectivity index (χ1v) is 3.14. The van der Waals surface area contributed by atoms with Crippen LogP contribution in [0.2, 0.25) is 0 Å². The summed E-state index contributed by atoms with van der Waals surface area (Å²) in [6.07, 6.45) is 3.28. The minimum absolute atomic E-state index is 0.289. The molecule has 2 aliphatic heterocycles. The van der Waals surface area contributed by atoms with Crippen molar-refractivity contribution in [2.45, 2.75) is 6.29 Å². The summed E-state index contributed by atoms with van der Waals surface area (Å²) in [7, 11) is 0. The highest BCUT2D eigenvalue weighted by atomic mass is 15.2. The lowest BCUT2D eigenvalue weighted by Crippen LogP contribution is -2.38. The normalized spacial score (nSPS) is 28.7. The zero-order valence-electron chi connectivity index (χ0n) is 5.41. The second-order valence-electron chi connectivity index (χ2n) is 2.28. The molecule has 0 radical (unpaired) electrons. The second-order valence-corrected chi connectivity index (χ2v) is 2.28. The van der Waals surface area contributed by atoms with Crippen molar-refractivity contribution < 1.29 is 0 Å². The maximum absolute atomic E-state index is 5.49. The van der Waals surface area contributed by atoms with Crippen molar-refractivity contribution in [3.05, 3.63) is 11.3 Å². The van der Waals surface area contributed by atoms with Crippen LogP contribution in [0.1, 0.15) is 0 Å². The van der Waals surface area contributed by atoms with Crippen molar-refractivity contribution in [1.29, 1.82) is 0 Å². The van der Waals surface area contributed by atoms with Gasteiger partial charge in [-0.05, 0) is 0 Å². The number of nitrogens with one attached hydrogen (secondary N) is 1. The van der Waals surface area contributed by atoms with Crippen LogP contribution in [-0.2, 0) is 0 Å². The topological polar surface area (TPSA) is 62.8 Å².